The zero-order valence-corrected chi connectivity index (χ0v) is 22.1. The predicted molar refractivity (Wildman–Crippen MR) is 128 cm³/mol. The van der Waals surface area contributed by atoms with Crippen molar-refractivity contribution >= 4 is 0 Å². The summed E-state index contributed by atoms with van der Waals surface area (Å²) in [6.45, 7) is 16.6. The van der Waals surface area contributed by atoms with Crippen LogP contribution in [0.4, 0.5) is 0 Å². The number of fused-ring (bicyclic) bond motifs is 7. The molecule has 2 heterocycles. The third-order valence-corrected chi connectivity index (χ3v) is 13.5. The topological polar surface area (TPSA) is 58.9 Å². The molecule has 2 N–H and O–H groups in total. The number of aliphatic hydroxyl groups is 2. The van der Waals surface area contributed by atoms with Crippen LogP contribution < -0.4 is 0 Å². The average Bonchev–Trinajstić information content (AvgIpc) is 3.24. The minimum Gasteiger partial charge on any atom is -0.393 e. The molecule has 0 aromatic rings. The molecule has 2 aliphatic heterocycles. The quantitative estimate of drug-likeness (QED) is 0.528. The highest BCUT2D eigenvalue weighted by molar-refractivity contribution is 5.22. The Labute approximate surface area is 201 Å². The molecular weight excluding hydrogens is 412 g/mol. The highest BCUT2D eigenvalue weighted by atomic mass is 16.7. The van der Waals surface area contributed by atoms with E-state index in [1.54, 1.807) is 0 Å². The van der Waals surface area contributed by atoms with Gasteiger partial charge in [0.05, 0.1) is 17.8 Å². The van der Waals surface area contributed by atoms with Gasteiger partial charge in [0.25, 0.3) is 0 Å². The normalized spacial score (nSPS) is 62.1. The van der Waals surface area contributed by atoms with Gasteiger partial charge in [-0.25, -0.2) is 0 Å². The van der Waals surface area contributed by atoms with Crippen molar-refractivity contribution in [3.63, 3.8) is 0 Å². The minimum absolute atomic E-state index is 0.0366. The van der Waals surface area contributed by atoms with Gasteiger partial charge in [0.1, 0.15) is 6.10 Å². The molecule has 6 rings (SSSR count). The highest BCUT2D eigenvalue weighted by Gasteiger charge is 2.74. The summed E-state index contributed by atoms with van der Waals surface area (Å²) in [5.41, 5.74) is 0.518. The van der Waals surface area contributed by atoms with Crippen molar-refractivity contribution in [2.45, 2.75) is 136 Å². The smallest absolute Gasteiger partial charge is 0.195 e. The van der Waals surface area contributed by atoms with Gasteiger partial charge in [-0.05, 0) is 111 Å². The maximum absolute atomic E-state index is 11.0. The molecule has 0 aromatic carbocycles. The summed E-state index contributed by atoms with van der Waals surface area (Å²) in [4.78, 5) is 0. The molecule has 0 radical (unpaired) electrons. The fourth-order valence-electron chi connectivity index (χ4n) is 11.4. The van der Waals surface area contributed by atoms with Crippen LogP contribution in [0.2, 0.25) is 0 Å². The molecule has 2 bridgehead atoms. The summed E-state index contributed by atoms with van der Waals surface area (Å²) in [6.07, 6.45) is 9.25. The van der Waals surface area contributed by atoms with E-state index in [1.165, 1.54) is 25.7 Å². The Kier molecular flexibility index (Phi) is 4.64. The Morgan fingerprint density at radius 2 is 1.52 bits per heavy atom. The molecule has 0 amide bonds. The molecular formula is C29H48O4. The van der Waals surface area contributed by atoms with Crippen molar-refractivity contribution in [3.05, 3.63) is 0 Å². The average molecular weight is 461 g/mol. The van der Waals surface area contributed by atoms with Gasteiger partial charge < -0.3 is 19.7 Å². The maximum atomic E-state index is 11.0. The molecule has 33 heavy (non-hydrogen) atoms. The van der Waals surface area contributed by atoms with Crippen molar-refractivity contribution < 1.29 is 19.7 Å². The lowest BCUT2D eigenvalue weighted by Crippen LogP contribution is -2.67. The molecule has 0 aromatic heterocycles. The lowest BCUT2D eigenvalue weighted by molar-refractivity contribution is -0.314. The molecule has 6 aliphatic rings. The van der Waals surface area contributed by atoms with E-state index in [9.17, 15) is 10.2 Å². The van der Waals surface area contributed by atoms with E-state index in [1.807, 2.05) is 6.92 Å². The Hall–Kier alpha value is -0.160. The van der Waals surface area contributed by atoms with Gasteiger partial charge in [-0.3, -0.25) is 0 Å². The first-order valence-electron chi connectivity index (χ1n) is 14.0. The van der Waals surface area contributed by atoms with E-state index < -0.39 is 11.9 Å². The summed E-state index contributed by atoms with van der Waals surface area (Å²) in [5, 5.41) is 21.8. The highest BCUT2D eigenvalue weighted by Crippen LogP contribution is 2.77. The monoisotopic (exact) mass is 460 g/mol. The number of hydrogen-bond acceptors (Lipinski definition) is 4. The second-order valence-corrected chi connectivity index (χ2v) is 14.8. The van der Waals surface area contributed by atoms with E-state index in [-0.39, 0.29) is 39.5 Å². The first-order chi connectivity index (χ1) is 15.2. The minimum atomic E-state index is -0.838. The molecule has 2 saturated heterocycles. The SMILES string of the molecule is C[C@H](O)[C@]12CC[C@](C)(O1)[C@H]1CC[C@]3(C)[C@@H]1[C@@H](C[C@@H]1[C@@]4(C)CC[C@H](O)C(C)(C)[C@@H]4CC[C@]13C)O2. The third-order valence-electron chi connectivity index (χ3n) is 13.5. The lowest BCUT2D eigenvalue weighted by Gasteiger charge is -2.70. The van der Waals surface area contributed by atoms with E-state index in [4.69, 9.17) is 9.47 Å². The molecule has 12 atom stereocenters. The van der Waals surface area contributed by atoms with Crippen molar-refractivity contribution in [1.29, 1.82) is 0 Å². The first-order valence-corrected chi connectivity index (χ1v) is 14.0. The zero-order valence-electron chi connectivity index (χ0n) is 22.1. The second kappa shape index (κ2) is 6.58. The number of aliphatic hydroxyl groups excluding tert-OH is 2. The molecule has 4 aliphatic carbocycles. The van der Waals surface area contributed by atoms with Crippen molar-refractivity contribution in [2.24, 2.45) is 45.3 Å². The molecule has 6 fully saturated rings. The summed E-state index contributed by atoms with van der Waals surface area (Å²) in [7, 11) is 0. The fourth-order valence-corrected chi connectivity index (χ4v) is 11.4. The van der Waals surface area contributed by atoms with Gasteiger partial charge in [-0.2, -0.15) is 0 Å². The summed E-state index contributed by atoms with van der Waals surface area (Å²) in [5.74, 6) is 1.31. The van der Waals surface area contributed by atoms with Crippen LogP contribution in [0, 0.1) is 45.3 Å². The predicted octanol–water partition coefficient (Wildman–Crippen LogP) is 5.69. The molecule has 0 unspecified atom stereocenters. The Morgan fingerprint density at radius 3 is 2.21 bits per heavy atom. The van der Waals surface area contributed by atoms with Gasteiger partial charge in [0.2, 0.25) is 0 Å². The van der Waals surface area contributed by atoms with Crippen molar-refractivity contribution in [2.75, 3.05) is 0 Å². The van der Waals surface area contributed by atoms with Gasteiger partial charge in [0.15, 0.2) is 5.79 Å². The fraction of sp³-hybridized carbons (Fsp3) is 1.00. The van der Waals surface area contributed by atoms with E-state index in [0.29, 0.717) is 23.7 Å². The zero-order chi connectivity index (χ0) is 23.8. The van der Waals surface area contributed by atoms with Crippen molar-refractivity contribution in [1.82, 2.24) is 0 Å². The number of rotatable bonds is 1. The van der Waals surface area contributed by atoms with E-state index >= 15 is 0 Å². The molecule has 4 saturated carbocycles. The van der Waals surface area contributed by atoms with E-state index in [2.05, 4.69) is 41.5 Å². The standard InChI is InChI=1S/C29H48O4/c1-17(30)29-15-14-28(7,33-29)18-8-12-27(6)23(18)19(32-29)16-21-25(4)11-10-22(31)24(2,3)20(25)9-13-26(21,27)5/h17-23,30-31H,8-16H2,1-7H3/t17-,18-,19+,20-,21+,22-,23-,25-,26+,27+,28-,29-/m0/s1. The van der Waals surface area contributed by atoms with Crippen LogP contribution in [0.25, 0.3) is 0 Å². The Morgan fingerprint density at radius 1 is 0.818 bits per heavy atom. The summed E-state index contributed by atoms with van der Waals surface area (Å²) >= 11 is 0. The summed E-state index contributed by atoms with van der Waals surface area (Å²) < 4.78 is 13.8. The summed E-state index contributed by atoms with van der Waals surface area (Å²) in [6, 6.07) is 0. The van der Waals surface area contributed by atoms with Crippen LogP contribution in [0.5, 0.6) is 0 Å². The molecule has 4 heteroatoms. The molecule has 4 nitrogen and oxygen atoms in total. The largest absolute Gasteiger partial charge is 0.393 e. The third kappa shape index (κ3) is 2.58. The number of ether oxygens (including phenoxy) is 2. The van der Waals surface area contributed by atoms with E-state index in [0.717, 1.165) is 32.1 Å². The maximum Gasteiger partial charge on any atom is 0.195 e. The van der Waals surface area contributed by atoms with Gasteiger partial charge in [0, 0.05) is 6.42 Å². The second-order valence-electron chi connectivity index (χ2n) is 14.8. The lowest BCUT2D eigenvalue weighted by atomic mass is 9.35. The first kappa shape index (κ1) is 23.3. The van der Waals surface area contributed by atoms with Gasteiger partial charge >= 0.3 is 0 Å². The molecule has 0 spiro atoms. The van der Waals surface area contributed by atoms with Crippen LogP contribution in [-0.4, -0.2) is 39.9 Å². The Bertz CT molecular complexity index is 839. The van der Waals surface area contributed by atoms with Gasteiger partial charge in [-0.15, -0.1) is 0 Å². The Balaban J connectivity index is 1.46. The van der Waals surface area contributed by atoms with Crippen LogP contribution >= 0.6 is 0 Å². The van der Waals surface area contributed by atoms with Crippen LogP contribution in [0.3, 0.4) is 0 Å². The van der Waals surface area contributed by atoms with Crippen LogP contribution in [-0.2, 0) is 9.47 Å². The number of hydrogen-bond donors (Lipinski definition) is 2. The van der Waals surface area contributed by atoms with Crippen molar-refractivity contribution in [3.8, 4) is 0 Å². The molecule has 188 valence electrons. The van der Waals surface area contributed by atoms with Crippen LogP contribution in [0.1, 0.15) is 106 Å². The van der Waals surface area contributed by atoms with Gasteiger partial charge in [-0.1, -0.05) is 34.6 Å². The van der Waals surface area contributed by atoms with Crippen LogP contribution in [0.15, 0.2) is 0 Å².